The molecule has 0 N–H and O–H groups in total. The van der Waals surface area contributed by atoms with Gasteiger partial charge in [-0.3, -0.25) is 4.90 Å². The third-order valence-electron chi connectivity index (χ3n) is 11.4. The minimum Gasteiger partial charge on any atom is -0.453 e. The number of hydrogen-bond donors (Lipinski definition) is 0. The molecule has 0 spiro atoms. The van der Waals surface area contributed by atoms with Gasteiger partial charge in [-0.05, 0) is 106 Å². The maximum atomic E-state index is 6.58. The Balaban J connectivity index is 1.01. The first-order valence-corrected chi connectivity index (χ1v) is 18.8. The highest BCUT2D eigenvalue weighted by Crippen LogP contribution is 2.60. The zero-order chi connectivity index (χ0) is 36.7. The third-order valence-corrected chi connectivity index (χ3v) is 11.4. The Hall–Kier alpha value is -7.04. The van der Waals surface area contributed by atoms with Crippen molar-refractivity contribution < 1.29 is 9.47 Å². The summed E-state index contributed by atoms with van der Waals surface area (Å²) in [6.45, 7) is 4.69. The van der Waals surface area contributed by atoms with E-state index >= 15 is 0 Å². The molecular weight excluding hydrogens is 673 g/mol. The van der Waals surface area contributed by atoms with Crippen LogP contribution in [0.15, 0.2) is 182 Å². The molecule has 0 amide bonds. The van der Waals surface area contributed by atoms with Crippen molar-refractivity contribution in [1.82, 2.24) is 0 Å². The Morgan fingerprint density at radius 1 is 0.418 bits per heavy atom. The first-order chi connectivity index (χ1) is 27.0. The predicted octanol–water partition coefficient (Wildman–Crippen LogP) is 14.5. The van der Waals surface area contributed by atoms with Crippen molar-refractivity contribution in [3.63, 3.8) is 0 Å². The van der Waals surface area contributed by atoms with Crippen LogP contribution in [0.4, 0.5) is 34.1 Å². The third kappa shape index (κ3) is 4.85. The molecule has 8 aromatic rings. The van der Waals surface area contributed by atoms with Gasteiger partial charge < -0.3 is 14.4 Å². The number of hydrogen-bond acceptors (Lipinski definition) is 4. The maximum Gasteiger partial charge on any atom is 0.155 e. The highest BCUT2D eigenvalue weighted by molar-refractivity contribution is 5.95. The zero-order valence-electron chi connectivity index (χ0n) is 30.5. The van der Waals surface area contributed by atoms with E-state index in [4.69, 9.17) is 9.47 Å². The van der Waals surface area contributed by atoms with Gasteiger partial charge in [0.15, 0.2) is 23.0 Å². The standard InChI is InChI=1S/C51H36N2O2/c1-51(2)41-17-8-6-16-39(41)40-29-28-37(32-42(40)51)52(43-18-9-7-15-38(43)34-13-4-3-5-14-34)36-26-23-33(24-27-36)35-25-30-45-49(31-35)55-48-22-12-21-47-50(48)53(45)44-19-10-11-20-46(44)54-47/h3-32H,1-2H3. The molecule has 55 heavy (non-hydrogen) atoms. The van der Waals surface area contributed by atoms with Crippen LogP contribution in [0.25, 0.3) is 33.4 Å². The molecular formula is C51H36N2O2. The van der Waals surface area contributed by atoms with Gasteiger partial charge in [-0.25, -0.2) is 0 Å². The summed E-state index contributed by atoms with van der Waals surface area (Å²) in [6.07, 6.45) is 0. The van der Waals surface area contributed by atoms with Crippen molar-refractivity contribution in [3.05, 3.63) is 193 Å². The highest BCUT2D eigenvalue weighted by Gasteiger charge is 2.37. The summed E-state index contributed by atoms with van der Waals surface area (Å²) in [5, 5.41) is 0. The summed E-state index contributed by atoms with van der Waals surface area (Å²) in [6, 6.07) is 64.8. The summed E-state index contributed by atoms with van der Waals surface area (Å²) in [5.41, 5.74) is 16.0. The number of benzene rings is 8. The molecule has 4 heteroatoms. The Bertz CT molecular complexity index is 2810. The number of rotatable bonds is 5. The predicted molar refractivity (Wildman–Crippen MR) is 224 cm³/mol. The fraction of sp³-hybridized carbons (Fsp3) is 0.0588. The van der Waals surface area contributed by atoms with Crippen LogP contribution in [-0.4, -0.2) is 0 Å². The number of nitrogens with zero attached hydrogens (tertiary/aromatic N) is 2. The average molecular weight is 709 g/mol. The molecule has 2 heterocycles. The first-order valence-electron chi connectivity index (χ1n) is 18.8. The first kappa shape index (κ1) is 31.5. The van der Waals surface area contributed by atoms with E-state index in [1.165, 1.54) is 33.4 Å². The molecule has 2 aliphatic heterocycles. The largest absolute Gasteiger partial charge is 0.453 e. The Morgan fingerprint density at radius 3 is 1.87 bits per heavy atom. The van der Waals surface area contributed by atoms with E-state index in [9.17, 15) is 0 Å². The summed E-state index contributed by atoms with van der Waals surface area (Å²) < 4.78 is 12.9. The quantitative estimate of drug-likeness (QED) is 0.178. The van der Waals surface area contributed by atoms with E-state index in [2.05, 4.69) is 169 Å². The molecule has 0 aromatic heterocycles. The summed E-state index contributed by atoms with van der Waals surface area (Å²) in [7, 11) is 0. The lowest BCUT2D eigenvalue weighted by atomic mass is 9.82. The van der Waals surface area contributed by atoms with Gasteiger partial charge in [0.25, 0.3) is 0 Å². The van der Waals surface area contributed by atoms with Crippen LogP contribution in [0.1, 0.15) is 25.0 Å². The van der Waals surface area contributed by atoms with E-state index in [-0.39, 0.29) is 5.41 Å². The zero-order valence-corrected chi connectivity index (χ0v) is 30.5. The van der Waals surface area contributed by atoms with Crippen LogP contribution < -0.4 is 19.3 Å². The highest BCUT2D eigenvalue weighted by atomic mass is 16.5. The van der Waals surface area contributed by atoms with Crippen molar-refractivity contribution in [2.45, 2.75) is 19.3 Å². The van der Waals surface area contributed by atoms with E-state index in [0.717, 1.165) is 68.2 Å². The van der Waals surface area contributed by atoms with Gasteiger partial charge in [0.1, 0.15) is 5.69 Å². The molecule has 4 nitrogen and oxygen atoms in total. The van der Waals surface area contributed by atoms with Crippen LogP contribution in [-0.2, 0) is 5.41 Å². The van der Waals surface area contributed by atoms with E-state index < -0.39 is 0 Å². The van der Waals surface area contributed by atoms with E-state index in [0.29, 0.717) is 0 Å². The summed E-state index contributed by atoms with van der Waals surface area (Å²) in [4.78, 5) is 4.67. The molecule has 0 unspecified atom stereocenters. The number of fused-ring (bicyclic) bond motifs is 7. The van der Waals surface area contributed by atoms with E-state index in [1.54, 1.807) is 0 Å². The SMILES string of the molecule is CC1(C)c2ccccc2-c2ccc(N(c3ccc(-c4ccc5c(c4)Oc4cccc6c4N5c4ccccc4O6)cc3)c3ccccc3-c3ccccc3)cc21. The van der Waals surface area contributed by atoms with Crippen molar-refractivity contribution in [2.75, 3.05) is 9.80 Å². The lowest BCUT2D eigenvalue weighted by molar-refractivity contribution is 0.446. The van der Waals surface area contributed by atoms with Gasteiger partial charge >= 0.3 is 0 Å². The van der Waals surface area contributed by atoms with Gasteiger partial charge in [0, 0.05) is 22.4 Å². The number of ether oxygens (including phenoxy) is 2. The second-order valence-electron chi connectivity index (χ2n) is 15.0. The molecule has 3 aliphatic rings. The van der Waals surface area contributed by atoms with Gasteiger partial charge in [0.2, 0.25) is 0 Å². The van der Waals surface area contributed by atoms with Gasteiger partial charge in [-0.1, -0.05) is 129 Å². The molecule has 0 saturated carbocycles. The summed E-state index contributed by atoms with van der Waals surface area (Å²) in [5.74, 6) is 3.20. The second-order valence-corrected chi connectivity index (χ2v) is 15.0. The molecule has 0 radical (unpaired) electrons. The molecule has 11 rings (SSSR count). The molecule has 0 bridgehead atoms. The molecule has 0 atom stereocenters. The Kier molecular flexibility index (Phi) is 6.86. The van der Waals surface area contributed by atoms with Crippen molar-refractivity contribution in [1.29, 1.82) is 0 Å². The normalized spacial score (nSPS) is 13.7. The van der Waals surface area contributed by atoms with Crippen LogP contribution >= 0.6 is 0 Å². The van der Waals surface area contributed by atoms with Crippen molar-refractivity contribution in [2.24, 2.45) is 0 Å². The number of anilines is 6. The van der Waals surface area contributed by atoms with Crippen LogP contribution in [0.3, 0.4) is 0 Å². The summed E-state index contributed by atoms with van der Waals surface area (Å²) >= 11 is 0. The number of para-hydroxylation sites is 4. The lowest BCUT2D eigenvalue weighted by Crippen LogP contribution is -2.20. The fourth-order valence-electron chi connectivity index (χ4n) is 8.78. The van der Waals surface area contributed by atoms with Crippen molar-refractivity contribution in [3.8, 4) is 56.4 Å². The average Bonchev–Trinajstić information content (AvgIpc) is 3.46. The maximum absolute atomic E-state index is 6.58. The second kappa shape index (κ2) is 12.0. The van der Waals surface area contributed by atoms with Crippen LogP contribution in [0, 0.1) is 0 Å². The van der Waals surface area contributed by atoms with Crippen molar-refractivity contribution >= 4 is 34.1 Å². The van der Waals surface area contributed by atoms with Gasteiger partial charge in [0.05, 0.1) is 17.1 Å². The van der Waals surface area contributed by atoms with Gasteiger partial charge in [-0.2, -0.15) is 0 Å². The fourth-order valence-corrected chi connectivity index (χ4v) is 8.78. The van der Waals surface area contributed by atoms with Crippen LogP contribution in [0.5, 0.6) is 23.0 Å². The topological polar surface area (TPSA) is 24.9 Å². The molecule has 1 aliphatic carbocycles. The molecule has 0 saturated heterocycles. The molecule has 0 fully saturated rings. The van der Waals surface area contributed by atoms with E-state index in [1.807, 2.05) is 36.4 Å². The Labute approximate surface area is 321 Å². The van der Waals surface area contributed by atoms with Crippen LogP contribution in [0.2, 0.25) is 0 Å². The Morgan fingerprint density at radius 2 is 1.04 bits per heavy atom. The molecule has 262 valence electrons. The lowest BCUT2D eigenvalue weighted by Gasteiger charge is -2.37. The molecule has 8 aromatic carbocycles. The minimum absolute atomic E-state index is 0.115. The smallest absolute Gasteiger partial charge is 0.155 e. The van der Waals surface area contributed by atoms with Gasteiger partial charge in [-0.15, -0.1) is 0 Å². The minimum atomic E-state index is -0.115. The monoisotopic (exact) mass is 708 g/mol.